The minimum absolute atomic E-state index is 0.128. The second kappa shape index (κ2) is 6.83. The molecule has 4 nitrogen and oxygen atoms in total. The van der Waals surface area contributed by atoms with Gasteiger partial charge in [-0.15, -0.1) is 0 Å². The zero-order chi connectivity index (χ0) is 18.2. The molecule has 2 heterocycles. The number of aromatic amines is 1. The minimum atomic E-state index is 0.128. The summed E-state index contributed by atoms with van der Waals surface area (Å²) in [5.74, 6) is 0.128. The van der Waals surface area contributed by atoms with Gasteiger partial charge in [-0.05, 0) is 55.5 Å². The van der Waals surface area contributed by atoms with Crippen molar-refractivity contribution in [3.63, 3.8) is 0 Å². The summed E-state index contributed by atoms with van der Waals surface area (Å²) in [6, 6.07) is 6.29. The lowest BCUT2D eigenvalue weighted by Crippen LogP contribution is -2.49. The molecule has 1 aromatic heterocycles. The van der Waals surface area contributed by atoms with Crippen LogP contribution in [0.25, 0.3) is 10.9 Å². The van der Waals surface area contributed by atoms with Crippen molar-refractivity contribution in [2.45, 2.75) is 41.0 Å². The van der Waals surface area contributed by atoms with Crippen LogP contribution in [-0.4, -0.2) is 53.4 Å². The first kappa shape index (κ1) is 18.0. The van der Waals surface area contributed by atoms with Gasteiger partial charge in [-0.2, -0.15) is 0 Å². The van der Waals surface area contributed by atoms with Crippen molar-refractivity contribution in [1.82, 2.24) is 14.8 Å². The van der Waals surface area contributed by atoms with Gasteiger partial charge in [0.15, 0.2) is 0 Å². The second-order valence-electron chi connectivity index (χ2n) is 8.67. The summed E-state index contributed by atoms with van der Waals surface area (Å²) in [5.41, 5.74) is 4.58. The first-order valence-electron chi connectivity index (χ1n) is 9.34. The summed E-state index contributed by atoms with van der Waals surface area (Å²) in [4.78, 5) is 20.7. The molecule has 1 saturated heterocycles. The van der Waals surface area contributed by atoms with Crippen molar-refractivity contribution in [1.29, 1.82) is 0 Å². The Labute approximate surface area is 151 Å². The molecule has 4 heteroatoms. The summed E-state index contributed by atoms with van der Waals surface area (Å²) in [5, 5.41) is 1.15. The van der Waals surface area contributed by atoms with Crippen molar-refractivity contribution in [3.8, 4) is 0 Å². The van der Waals surface area contributed by atoms with Crippen LogP contribution in [0, 0.1) is 19.3 Å². The highest BCUT2D eigenvalue weighted by molar-refractivity contribution is 5.99. The molecule has 0 atom stereocenters. The molecule has 0 spiro atoms. The average molecular weight is 341 g/mol. The Morgan fingerprint density at radius 3 is 2.40 bits per heavy atom. The minimum Gasteiger partial charge on any atom is -0.351 e. The van der Waals surface area contributed by atoms with Crippen LogP contribution < -0.4 is 0 Å². The van der Waals surface area contributed by atoms with Crippen LogP contribution in [0.1, 0.15) is 48.8 Å². The van der Waals surface area contributed by atoms with Gasteiger partial charge >= 0.3 is 0 Å². The van der Waals surface area contributed by atoms with Crippen LogP contribution in [-0.2, 0) is 0 Å². The molecule has 0 radical (unpaired) electrons. The van der Waals surface area contributed by atoms with Gasteiger partial charge in [-0.3, -0.25) is 9.69 Å². The van der Waals surface area contributed by atoms with Crippen LogP contribution in [0.4, 0.5) is 0 Å². The average Bonchev–Trinajstić information content (AvgIpc) is 2.96. The highest BCUT2D eigenvalue weighted by Gasteiger charge is 2.24. The number of rotatable bonds is 3. The van der Waals surface area contributed by atoms with E-state index in [-0.39, 0.29) is 5.91 Å². The van der Waals surface area contributed by atoms with Gasteiger partial charge in [0.2, 0.25) is 0 Å². The Balaban J connectivity index is 1.64. The van der Waals surface area contributed by atoms with E-state index in [1.54, 1.807) is 0 Å². The fraction of sp³-hybridized carbons (Fsp3) is 0.571. The number of carbonyl (C=O) groups is 1. The predicted octanol–water partition coefficient (Wildman–Crippen LogP) is 3.98. The van der Waals surface area contributed by atoms with Gasteiger partial charge < -0.3 is 9.88 Å². The lowest BCUT2D eigenvalue weighted by Gasteiger charge is -2.35. The molecule has 0 saturated carbocycles. The molecule has 3 rings (SSSR count). The largest absolute Gasteiger partial charge is 0.351 e. The van der Waals surface area contributed by atoms with Crippen LogP contribution in [0.5, 0.6) is 0 Å². The fourth-order valence-electron chi connectivity index (χ4n) is 3.55. The van der Waals surface area contributed by atoms with Gasteiger partial charge in [0, 0.05) is 37.1 Å². The van der Waals surface area contributed by atoms with E-state index >= 15 is 0 Å². The predicted molar refractivity (Wildman–Crippen MR) is 104 cm³/mol. The third-order valence-electron chi connectivity index (χ3n) is 5.16. The van der Waals surface area contributed by atoms with E-state index in [1.807, 2.05) is 11.0 Å². The zero-order valence-corrected chi connectivity index (χ0v) is 16.3. The molecule has 1 fully saturated rings. The number of aryl methyl sites for hydroxylation is 2. The first-order chi connectivity index (χ1) is 11.7. The summed E-state index contributed by atoms with van der Waals surface area (Å²) in [6.07, 6.45) is 1.20. The Hall–Kier alpha value is -1.81. The monoisotopic (exact) mass is 341 g/mol. The second-order valence-corrected chi connectivity index (χ2v) is 8.67. The third-order valence-corrected chi connectivity index (χ3v) is 5.16. The van der Waals surface area contributed by atoms with Crippen molar-refractivity contribution < 1.29 is 4.79 Å². The number of amides is 1. The molecule has 1 aromatic carbocycles. The normalized spacial score (nSPS) is 16.6. The zero-order valence-electron chi connectivity index (χ0n) is 16.3. The molecule has 1 aliphatic rings. The Morgan fingerprint density at radius 1 is 1.08 bits per heavy atom. The van der Waals surface area contributed by atoms with Gasteiger partial charge in [-0.1, -0.05) is 26.8 Å². The first-order valence-corrected chi connectivity index (χ1v) is 9.34. The Morgan fingerprint density at radius 2 is 1.76 bits per heavy atom. The van der Waals surface area contributed by atoms with Crippen LogP contribution in [0.3, 0.4) is 0 Å². The molecule has 1 aliphatic heterocycles. The molecule has 0 aliphatic carbocycles. The molecular weight excluding hydrogens is 310 g/mol. The molecule has 1 amide bonds. The molecule has 0 bridgehead atoms. The highest BCUT2D eigenvalue weighted by Crippen LogP contribution is 2.23. The quantitative estimate of drug-likeness (QED) is 0.917. The topological polar surface area (TPSA) is 39.3 Å². The Kier molecular flexibility index (Phi) is 4.92. The number of hydrogen-bond acceptors (Lipinski definition) is 2. The smallest absolute Gasteiger partial charge is 0.270 e. The van der Waals surface area contributed by atoms with E-state index in [0.29, 0.717) is 11.1 Å². The van der Waals surface area contributed by atoms with Gasteiger partial charge in [0.05, 0.1) is 0 Å². The number of H-pyrrole nitrogens is 1. The van der Waals surface area contributed by atoms with Crippen molar-refractivity contribution in [2.75, 3.05) is 32.7 Å². The molecule has 136 valence electrons. The van der Waals surface area contributed by atoms with Crippen LogP contribution >= 0.6 is 0 Å². The van der Waals surface area contributed by atoms with Gasteiger partial charge in [0.25, 0.3) is 5.91 Å². The number of piperazine rings is 1. The molecule has 2 aromatic rings. The van der Waals surface area contributed by atoms with Gasteiger partial charge in [-0.25, -0.2) is 0 Å². The van der Waals surface area contributed by atoms with Crippen molar-refractivity contribution >= 4 is 16.8 Å². The number of benzene rings is 1. The van der Waals surface area contributed by atoms with E-state index in [2.05, 4.69) is 56.6 Å². The summed E-state index contributed by atoms with van der Waals surface area (Å²) >= 11 is 0. The van der Waals surface area contributed by atoms with Crippen molar-refractivity contribution in [3.05, 3.63) is 35.0 Å². The maximum Gasteiger partial charge on any atom is 0.270 e. The Bertz CT molecular complexity index is 761. The third kappa shape index (κ3) is 4.24. The fourth-order valence-corrected chi connectivity index (χ4v) is 3.55. The maximum atomic E-state index is 12.9. The summed E-state index contributed by atoms with van der Waals surface area (Å²) < 4.78 is 0. The van der Waals surface area contributed by atoms with E-state index in [9.17, 15) is 4.79 Å². The van der Waals surface area contributed by atoms with E-state index in [1.165, 1.54) is 17.5 Å². The molecule has 0 unspecified atom stereocenters. The maximum absolute atomic E-state index is 12.9. The van der Waals surface area contributed by atoms with Crippen LogP contribution in [0.15, 0.2) is 18.2 Å². The van der Waals surface area contributed by atoms with Crippen LogP contribution in [0.2, 0.25) is 0 Å². The number of nitrogens with one attached hydrogen (secondary N) is 1. The van der Waals surface area contributed by atoms with E-state index in [4.69, 9.17) is 0 Å². The highest BCUT2D eigenvalue weighted by atomic mass is 16.2. The lowest BCUT2D eigenvalue weighted by molar-refractivity contribution is 0.0618. The number of carbonyl (C=O) groups excluding carboxylic acids is 1. The molecule has 25 heavy (non-hydrogen) atoms. The number of aromatic nitrogens is 1. The standard InChI is InChI=1S/C21H31N3O/c1-15-12-16(2)17-14-19(22-18(17)13-15)20(25)24-10-8-23(9-11-24)7-6-21(3,4)5/h12-14,22H,6-11H2,1-5H3. The molecular formula is C21H31N3O. The van der Waals surface area contributed by atoms with Crippen molar-refractivity contribution in [2.24, 2.45) is 5.41 Å². The lowest BCUT2D eigenvalue weighted by atomic mass is 9.92. The summed E-state index contributed by atoms with van der Waals surface area (Å²) in [6.45, 7) is 15.7. The number of fused-ring (bicyclic) bond motifs is 1. The number of hydrogen-bond donors (Lipinski definition) is 1. The summed E-state index contributed by atoms with van der Waals surface area (Å²) in [7, 11) is 0. The van der Waals surface area contributed by atoms with E-state index < -0.39 is 0 Å². The molecule has 1 N–H and O–H groups in total. The number of nitrogens with zero attached hydrogens (tertiary/aromatic N) is 2. The van der Waals surface area contributed by atoms with E-state index in [0.717, 1.165) is 43.6 Å². The SMILES string of the molecule is Cc1cc(C)c2cc(C(=O)N3CCN(CCC(C)(C)C)CC3)[nH]c2c1. The van der Waals surface area contributed by atoms with Gasteiger partial charge in [0.1, 0.15) is 5.69 Å².